The molecule has 0 bridgehead atoms. The van der Waals surface area contributed by atoms with Gasteiger partial charge in [0.25, 0.3) is 0 Å². The minimum absolute atomic E-state index is 0.157. The van der Waals surface area contributed by atoms with Gasteiger partial charge in [-0.05, 0) is 0 Å². The van der Waals surface area contributed by atoms with E-state index in [9.17, 15) is 18.0 Å². The molecule has 0 spiro atoms. The van der Waals surface area contributed by atoms with E-state index in [-0.39, 0.29) is 11.7 Å². The van der Waals surface area contributed by atoms with Crippen molar-refractivity contribution in [1.82, 2.24) is 0 Å². The van der Waals surface area contributed by atoms with E-state index < -0.39 is 24.8 Å². The Bertz CT molecular complexity index is 200. The number of hydrogen-bond donors (Lipinski definition) is 1. The van der Waals surface area contributed by atoms with E-state index >= 15 is 0 Å². The van der Waals surface area contributed by atoms with Gasteiger partial charge < -0.3 is 15.2 Å². The number of methoxy groups -OCH3 is 1. The summed E-state index contributed by atoms with van der Waals surface area (Å²) in [4.78, 5) is 10.8. The Morgan fingerprint density at radius 1 is 1.53 bits per heavy atom. The van der Waals surface area contributed by atoms with Crippen LogP contribution >= 0.6 is 11.8 Å². The molecule has 0 fully saturated rings. The minimum atomic E-state index is -4.33. The van der Waals surface area contributed by atoms with Crippen LogP contribution in [0.15, 0.2) is 0 Å². The maximum Gasteiger partial charge on any atom is 0.411 e. The first-order chi connectivity index (χ1) is 6.87. The Labute approximate surface area is 89.3 Å². The summed E-state index contributed by atoms with van der Waals surface area (Å²) in [6, 6.07) is -0.838. The first kappa shape index (κ1) is 14.5. The topological polar surface area (TPSA) is 61.5 Å². The van der Waals surface area contributed by atoms with Gasteiger partial charge in [0.05, 0.1) is 13.0 Å². The summed E-state index contributed by atoms with van der Waals surface area (Å²) in [6.07, 6.45) is -4.33. The van der Waals surface area contributed by atoms with Gasteiger partial charge >= 0.3 is 12.1 Å². The quantitative estimate of drug-likeness (QED) is 0.426. The number of halogens is 3. The van der Waals surface area contributed by atoms with Crippen molar-refractivity contribution < 1.29 is 27.4 Å². The summed E-state index contributed by atoms with van der Waals surface area (Å²) < 4.78 is 43.4. The van der Waals surface area contributed by atoms with E-state index in [4.69, 9.17) is 5.73 Å². The normalized spacial score (nSPS) is 13.7. The predicted molar refractivity (Wildman–Crippen MR) is 49.3 cm³/mol. The zero-order valence-corrected chi connectivity index (χ0v) is 8.86. The SMILES string of the molecule is COC(=O)C(N)CSCOCC(F)(F)F. The summed E-state index contributed by atoms with van der Waals surface area (Å²) in [5.74, 6) is -0.604. The molecule has 1 unspecified atom stereocenters. The Hall–Kier alpha value is -0.470. The first-order valence-corrected chi connectivity index (χ1v) is 5.08. The molecule has 2 N–H and O–H groups in total. The standard InChI is InChI=1S/C7H12F3NO3S/c1-13-6(12)5(11)2-15-4-14-3-7(8,9)10/h5H,2-4,11H2,1H3. The second-order valence-corrected chi connectivity index (χ2v) is 3.56. The molecule has 0 amide bonds. The van der Waals surface area contributed by atoms with Crippen LogP contribution in [0.5, 0.6) is 0 Å². The molecule has 0 saturated heterocycles. The molecular formula is C7H12F3NO3S. The lowest BCUT2D eigenvalue weighted by molar-refractivity contribution is -0.168. The highest BCUT2D eigenvalue weighted by Crippen LogP contribution is 2.15. The van der Waals surface area contributed by atoms with E-state index in [2.05, 4.69) is 9.47 Å². The zero-order valence-electron chi connectivity index (χ0n) is 8.04. The van der Waals surface area contributed by atoms with Crippen LogP contribution in [0, 0.1) is 0 Å². The highest BCUT2D eigenvalue weighted by Gasteiger charge is 2.27. The number of thioether (sulfide) groups is 1. The molecule has 0 aromatic rings. The Morgan fingerprint density at radius 2 is 2.13 bits per heavy atom. The first-order valence-electron chi connectivity index (χ1n) is 3.92. The Kier molecular flexibility index (Phi) is 6.70. The summed E-state index contributed by atoms with van der Waals surface area (Å²) in [5.41, 5.74) is 5.32. The number of carbonyl (C=O) groups excluding carboxylic acids is 1. The number of hydrogen-bond acceptors (Lipinski definition) is 5. The van der Waals surface area contributed by atoms with E-state index in [1.807, 2.05) is 0 Å². The van der Waals surface area contributed by atoms with E-state index in [1.165, 1.54) is 7.11 Å². The van der Waals surface area contributed by atoms with Crippen LogP contribution in [-0.2, 0) is 14.3 Å². The van der Waals surface area contributed by atoms with Crippen molar-refractivity contribution in [2.75, 3.05) is 25.4 Å². The van der Waals surface area contributed by atoms with Gasteiger partial charge in [-0.2, -0.15) is 13.2 Å². The fourth-order valence-electron chi connectivity index (χ4n) is 0.611. The van der Waals surface area contributed by atoms with E-state index in [0.29, 0.717) is 0 Å². The molecular weight excluding hydrogens is 235 g/mol. The maximum absolute atomic E-state index is 11.6. The summed E-state index contributed by atoms with van der Waals surface area (Å²) >= 11 is 0.998. The van der Waals surface area contributed by atoms with E-state index in [0.717, 1.165) is 11.8 Å². The van der Waals surface area contributed by atoms with Crippen molar-refractivity contribution in [3.8, 4) is 0 Å². The molecule has 0 aromatic carbocycles. The molecule has 90 valence electrons. The van der Waals surface area contributed by atoms with Gasteiger partial charge in [0.1, 0.15) is 12.6 Å². The van der Waals surface area contributed by atoms with Crippen LogP contribution < -0.4 is 5.73 Å². The molecule has 0 heterocycles. The van der Waals surface area contributed by atoms with Gasteiger partial charge in [-0.1, -0.05) is 0 Å². The largest absolute Gasteiger partial charge is 0.468 e. The highest BCUT2D eigenvalue weighted by atomic mass is 32.2. The van der Waals surface area contributed by atoms with Gasteiger partial charge in [0, 0.05) is 5.75 Å². The summed E-state index contributed by atoms with van der Waals surface area (Å²) in [6.45, 7) is -1.30. The number of nitrogens with two attached hydrogens (primary N) is 1. The van der Waals surface area contributed by atoms with Gasteiger partial charge in [0.15, 0.2) is 0 Å². The van der Waals surface area contributed by atoms with Gasteiger partial charge in [-0.3, -0.25) is 4.79 Å². The third-order valence-electron chi connectivity index (χ3n) is 1.23. The lowest BCUT2D eigenvalue weighted by atomic mass is 10.4. The molecule has 1 atom stereocenters. The Morgan fingerprint density at radius 3 is 2.60 bits per heavy atom. The lowest BCUT2D eigenvalue weighted by Crippen LogP contribution is -2.34. The summed E-state index contributed by atoms with van der Waals surface area (Å²) in [5, 5.41) is 0. The van der Waals surface area contributed by atoms with Crippen molar-refractivity contribution in [3.63, 3.8) is 0 Å². The average Bonchev–Trinajstić information content (AvgIpc) is 2.14. The number of alkyl halides is 3. The van der Waals surface area contributed by atoms with Crippen LogP contribution in [0.1, 0.15) is 0 Å². The van der Waals surface area contributed by atoms with Crippen LogP contribution in [0.25, 0.3) is 0 Å². The third-order valence-corrected chi connectivity index (χ3v) is 2.16. The molecule has 0 rings (SSSR count). The summed E-state index contributed by atoms with van der Waals surface area (Å²) in [7, 11) is 1.19. The number of esters is 1. The number of carbonyl (C=O) groups is 1. The third kappa shape index (κ3) is 8.52. The van der Waals surface area contributed by atoms with Gasteiger partial charge in [-0.15, -0.1) is 11.8 Å². The monoisotopic (exact) mass is 247 g/mol. The number of ether oxygens (including phenoxy) is 2. The molecule has 0 aliphatic rings. The molecule has 0 aromatic heterocycles. The fourth-order valence-corrected chi connectivity index (χ4v) is 1.30. The smallest absolute Gasteiger partial charge is 0.411 e. The number of rotatable bonds is 6. The predicted octanol–water partition coefficient (Wildman–Crippen LogP) is 0.756. The Balaban J connectivity index is 3.43. The second-order valence-electron chi connectivity index (χ2n) is 2.58. The van der Waals surface area contributed by atoms with Crippen LogP contribution in [0.3, 0.4) is 0 Å². The van der Waals surface area contributed by atoms with Crippen molar-refractivity contribution in [3.05, 3.63) is 0 Å². The van der Waals surface area contributed by atoms with Crippen molar-refractivity contribution in [2.45, 2.75) is 12.2 Å². The molecule has 8 heteroatoms. The highest BCUT2D eigenvalue weighted by molar-refractivity contribution is 7.99. The molecule has 15 heavy (non-hydrogen) atoms. The molecule has 0 aliphatic heterocycles. The van der Waals surface area contributed by atoms with Crippen LogP contribution in [0.4, 0.5) is 13.2 Å². The van der Waals surface area contributed by atoms with Crippen molar-refractivity contribution in [1.29, 1.82) is 0 Å². The van der Waals surface area contributed by atoms with Crippen LogP contribution in [0.2, 0.25) is 0 Å². The van der Waals surface area contributed by atoms with Crippen LogP contribution in [-0.4, -0.2) is 43.6 Å². The second kappa shape index (κ2) is 6.91. The zero-order chi connectivity index (χ0) is 11.9. The molecule has 0 saturated carbocycles. The van der Waals surface area contributed by atoms with Gasteiger partial charge in [-0.25, -0.2) is 0 Å². The van der Waals surface area contributed by atoms with Gasteiger partial charge in [0.2, 0.25) is 0 Å². The van der Waals surface area contributed by atoms with E-state index in [1.54, 1.807) is 0 Å². The van der Waals surface area contributed by atoms with Crippen molar-refractivity contribution in [2.24, 2.45) is 5.73 Å². The average molecular weight is 247 g/mol. The fraction of sp³-hybridized carbons (Fsp3) is 0.857. The van der Waals surface area contributed by atoms with Crippen molar-refractivity contribution >= 4 is 17.7 Å². The molecule has 4 nitrogen and oxygen atoms in total. The minimum Gasteiger partial charge on any atom is -0.468 e. The molecule has 0 aliphatic carbocycles. The molecule has 0 radical (unpaired) electrons. The maximum atomic E-state index is 11.6. The lowest BCUT2D eigenvalue weighted by Gasteiger charge is -2.09.